The van der Waals surface area contributed by atoms with Gasteiger partial charge in [-0.3, -0.25) is 4.79 Å². The van der Waals surface area contributed by atoms with E-state index in [0.29, 0.717) is 37.7 Å². The van der Waals surface area contributed by atoms with Gasteiger partial charge in [0.1, 0.15) is 11.6 Å². The van der Waals surface area contributed by atoms with Gasteiger partial charge < -0.3 is 14.5 Å². The molecule has 36 heavy (non-hydrogen) atoms. The Bertz CT molecular complexity index is 1360. The van der Waals surface area contributed by atoms with Crippen molar-refractivity contribution in [3.63, 3.8) is 0 Å². The zero-order valence-corrected chi connectivity index (χ0v) is 19.9. The first-order chi connectivity index (χ1) is 17.7. The fourth-order valence-electron chi connectivity index (χ4n) is 5.00. The molecule has 6 rings (SSSR count). The van der Waals surface area contributed by atoms with E-state index in [2.05, 4.69) is 4.90 Å². The molecule has 2 fully saturated rings. The number of carbonyl (C=O) groups excluding carboxylic acids is 1. The highest BCUT2D eigenvalue weighted by atomic mass is 19.1. The van der Waals surface area contributed by atoms with Crippen LogP contribution >= 0.6 is 0 Å². The fraction of sp³-hybridized carbons (Fsp3) is 0.333. The van der Waals surface area contributed by atoms with Crippen molar-refractivity contribution >= 4 is 22.8 Å². The number of hydrogen-bond donors (Lipinski definition) is 0. The number of fused-ring (bicyclic) bond motifs is 1. The molecule has 0 atom stereocenters. The molecule has 2 aliphatic heterocycles. The van der Waals surface area contributed by atoms with E-state index in [-0.39, 0.29) is 17.8 Å². The lowest BCUT2D eigenvalue weighted by Crippen LogP contribution is -2.39. The number of benzene rings is 2. The molecule has 2 saturated heterocycles. The van der Waals surface area contributed by atoms with Gasteiger partial charge in [0, 0.05) is 37.3 Å². The summed E-state index contributed by atoms with van der Waals surface area (Å²) in [6.07, 6.45) is 3.40. The van der Waals surface area contributed by atoms with Crippen LogP contribution in [0.15, 0.2) is 60.8 Å². The number of likely N-dealkylation sites (tertiary alicyclic amines) is 1. The van der Waals surface area contributed by atoms with Crippen LogP contribution in [0.1, 0.15) is 29.2 Å². The Labute approximate surface area is 208 Å². The Balaban J connectivity index is 1.30. The Morgan fingerprint density at radius 3 is 2.36 bits per heavy atom. The number of carbonyl (C=O) groups is 1. The summed E-state index contributed by atoms with van der Waals surface area (Å²) in [5.41, 5.74) is 2.28. The van der Waals surface area contributed by atoms with Crippen molar-refractivity contribution in [2.75, 3.05) is 44.3 Å². The van der Waals surface area contributed by atoms with Crippen LogP contribution in [0.3, 0.4) is 0 Å². The SMILES string of the molecule is O=C(c1ccc(F)cc1)N1CCC(n2ncc3c(N4CCOCC4)nc(-c4ccccc4)nc32)CC1. The molecule has 0 radical (unpaired) electrons. The highest BCUT2D eigenvalue weighted by molar-refractivity contribution is 5.94. The summed E-state index contributed by atoms with van der Waals surface area (Å²) in [7, 11) is 0. The first kappa shape index (κ1) is 22.6. The fourth-order valence-corrected chi connectivity index (χ4v) is 5.00. The number of rotatable bonds is 4. The minimum Gasteiger partial charge on any atom is -0.378 e. The number of ether oxygens (including phenoxy) is 1. The lowest BCUT2D eigenvalue weighted by Gasteiger charge is -2.32. The second-order valence-corrected chi connectivity index (χ2v) is 9.19. The van der Waals surface area contributed by atoms with Crippen LogP contribution < -0.4 is 4.90 Å². The largest absolute Gasteiger partial charge is 0.378 e. The molecule has 9 heteroatoms. The molecular formula is C27H27FN6O2. The van der Waals surface area contributed by atoms with Crippen molar-refractivity contribution in [3.05, 3.63) is 72.2 Å². The summed E-state index contributed by atoms with van der Waals surface area (Å²) in [5.74, 6) is 1.15. The maximum Gasteiger partial charge on any atom is 0.253 e. The van der Waals surface area contributed by atoms with E-state index in [1.165, 1.54) is 12.1 Å². The van der Waals surface area contributed by atoms with E-state index in [4.69, 9.17) is 19.8 Å². The van der Waals surface area contributed by atoms with Crippen molar-refractivity contribution in [1.29, 1.82) is 0 Å². The van der Waals surface area contributed by atoms with Crippen molar-refractivity contribution < 1.29 is 13.9 Å². The van der Waals surface area contributed by atoms with Gasteiger partial charge in [-0.1, -0.05) is 30.3 Å². The number of morpholine rings is 1. The van der Waals surface area contributed by atoms with Crippen molar-refractivity contribution in [1.82, 2.24) is 24.6 Å². The average molecular weight is 487 g/mol. The Hall–Kier alpha value is -3.85. The predicted molar refractivity (Wildman–Crippen MR) is 134 cm³/mol. The highest BCUT2D eigenvalue weighted by Crippen LogP contribution is 2.32. The predicted octanol–water partition coefficient (Wildman–Crippen LogP) is 3.95. The normalized spacial score (nSPS) is 17.0. The molecule has 2 aromatic carbocycles. The van der Waals surface area contributed by atoms with Crippen molar-refractivity contribution in [2.24, 2.45) is 0 Å². The molecular weight excluding hydrogens is 459 g/mol. The van der Waals surface area contributed by atoms with Gasteiger partial charge in [0.2, 0.25) is 0 Å². The molecule has 2 aliphatic rings. The molecule has 0 N–H and O–H groups in total. The molecule has 4 aromatic rings. The van der Waals surface area contributed by atoms with Gasteiger partial charge in [0.05, 0.1) is 30.8 Å². The summed E-state index contributed by atoms with van der Waals surface area (Å²) in [5, 5.41) is 5.69. The molecule has 0 spiro atoms. The minimum absolute atomic E-state index is 0.0675. The molecule has 0 aliphatic carbocycles. The third kappa shape index (κ3) is 4.30. The van der Waals surface area contributed by atoms with E-state index in [9.17, 15) is 9.18 Å². The van der Waals surface area contributed by atoms with E-state index in [1.807, 2.05) is 46.1 Å². The van der Waals surface area contributed by atoms with Crippen molar-refractivity contribution in [3.8, 4) is 11.4 Å². The molecule has 8 nitrogen and oxygen atoms in total. The number of aromatic nitrogens is 4. The summed E-state index contributed by atoms with van der Waals surface area (Å²) >= 11 is 0. The van der Waals surface area contributed by atoms with Crippen LogP contribution in [0.25, 0.3) is 22.4 Å². The summed E-state index contributed by atoms with van der Waals surface area (Å²) in [6, 6.07) is 15.9. The number of amides is 1. The Morgan fingerprint density at radius 1 is 0.917 bits per heavy atom. The Kier molecular flexibility index (Phi) is 6.06. The molecule has 0 unspecified atom stereocenters. The third-order valence-electron chi connectivity index (χ3n) is 6.97. The molecule has 0 saturated carbocycles. The number of nitrogens with zero attached hydrogens (tertiary/aromatic N) is 6. The molecule has 0 bridgehead atoms. The lowest BCUT2D eigenvalue weighted by atomic mass is 10.0. The second-order valence-electron chi connectivity index (χ2n) is 9.19. The topological polar surface area (TPSA) is 76.4 Å². The second kappa shape index (κ2) is 9.66. The summed E-state index contributed by atoms with van der Waals surface area (Å²) in [6.45, 7) is 4.09. The quantitative estimate of drug-likeness (QED) is 0.435. The number of anilines is 1. The maximum atomic E-state index is 13.3. The van der Waals surface area contributed by atoms with Crippen LogP contribution in [0.4, 0.5) is 10.2 Å². The number of piperidine rings is 1. The van der Waals surface area contributed by atoms with E-state index < -0.39 is 0 Å². The lowest BCUT2D eigenvalue weighted by molar-refractivity contribution is 0.0691. The van der Waals surface area contributed by atoms with Gasteiger partial charge in [-0.05, 0) is 37.1 Å². The van der Waals surface area contributed by atoms with Crippen LogP contribution in [0.5, 0.6) is 0 Å². The monoisotopic (exact) mass is 486 g/mol. The minimum atomic E-state index is -0.343. The first-order valence-electron chi connectivity index (χ1n) is 12.4. The van der Waals surface area contributed by atoms with Crippen molar-refractivity contribution in [2.45, 2.75) is 18.9 Å². The van der Waals surface area contributed by atoms with E-state index in [0.717, 1.165) is 48.3 Å². The van der Waals surface area contributed by atoms with Gasteiger partial charge in [-0.2, -0.15) is 5.10 Å². The zero-order valence-electron chi connectivity index (χ0n) is 19.9. The zero-order chi connectivity index (χ0) is 24.5. The van der Waals surface area contributed by atoms with Crippen LogP contribution in [-0.2, 0) is 4.74 Å². The van der Waals surface area contributed by atoms with Crippen LogP contribution in [-0.4, -0.2) is 69.9 Å². The molecule has 4 heterocycles. The van der Waals surface area contributed by atoms with Gasteiger partial charge in [0.15, 0.2) is 11.5 Å². The van der Waals surface area contributed by atoms with E-state index in [1.54, 1.807) is 12.1 Å². The summed E-state index contributed by atoms with van der Waals surface area (Å²) in [4.78, 5) is 26.9. The highest BCUT2D eigenvalue weighted by Gasteiger charge is 2.28. The van der Waals surface area contributed by atoms with Crippen LogP contribution in [0, 0.1) is 5.82 Å². The Morgan fingerprint density at radius 2 is 1.64 bits per heavy atom. The molecule has 2 aromatic heterocycles. The van der Waals surface area contributed by atoms with Gasteiger partial charge in [0.25, 0.3) is 5.91 Å². The van der Waals surface area contributed by atoms with Crippen LogP contribution in [0.2, 0.25) is 0 Å². The van der Waals surface area contributed by atoms with E-state index >= 15 is 0 Å². The molecule has 184 valence electrons. The maximum absolute atomic E-state index is 13.3. The van der Waals surface area contributed by atoms with Gasteiger partial charge >= 0.3 is 0 Å². The summed E-state index contributed by atoms with van der Waals surface area (Å²) < 4.78 is 20.8. The standard InChI is InChI=1S/C27H27FN6O2/c28-21-8-6-20(7-9-21)27(35)33-12-10-22(11-13-33)34-26-23(18-29-34)25(32-14-16-36-17-15-32)30-24(31-26)19-4-2-1-3-5-19/h1-9,18,22H,10-17H2. The average Bonchev–Trinajstić information content (AvgIpc) is 3.38. The van der Waals surface area contributed by atoms with Gasteiger partial charge in [-0.15, -0.1) is 0 Å². The number of halogens is 1. The smallest absolute Gasteiger partial charge is 0.253 e. The third-order valence-corrected chi connectivity index (χ3v) is 6.97. The van der Waals surface area contributed by atoms with Gasteiger partial charge in [-0.25, -0.2) is 19.0 Å². The number of hydrogen-bond acceptors (Lipinski definition) is 6. The first-order valence-corrected chi connectivity index (χ1v) is 12.4. The molecule has 1 amide bonds.